The van der Waals surface area contributed by atoms with Crippen molar-refractivity contribution in [1.29, 1.82) is 0 Å². The van der Waals surface area contributed by atoms with Crippen molar-refractivity contribution in [3.05, 3.63) is 96.1 Å². The molecule has 48 heavy (non-hydrogen) atoms. The van der Waals surface area contributed by atoms with E-state index in [-0.39, 0.29) is 31.3 Å². The summed E-state index contributed by atoms with van der Waals surface area (Å²) < 4.78 is 21.5. The van der Waals surface area contributed by atoms with Gasteiger partial charge in [0.15, 0.2) is 0 Å². The lowest BCUT2D eigenvalue weighted by atomic mass is 9.94. The Kier molecular flexibility index (Phi) is 14.0. The number of carbonyl (C=O) groups excluding carboxylic acids is 4. The van der Waals surface area contributed by atoms with Crippen LogP contribution >= 0.6 is 0 Å². The van der Waals surface area contributed by atoms with Gasteiger partial charge in [0, 0.05) is 19.4 Å². The van der Waals surface area contributed by atoms with Gasteiger partial charge in [-0.3, -0.25) is 14.4 Å². The fourth-order valence-electron chi connectivity index (χ4n) is 5.81. The topological polar surface area (TPSA) is 117 Å². The summed E-state index contributed by atoms with van der Waals surface area (Å²) in [6, 6.07) is 27.0. The molecule has 0 radical (unpaired) electrons. The molecule has 4 atom stereocenters. The Labute approximate surface area is 283 Å². The Hall–Kier alpha value is -4.66. The zero-order valence-corrected chi connectivity index (χ0v) is 28.1. The smallest absolute Gasteiger partial charge is 0.458 e. The molecule has 0 spiro atoms. The lowest BCUT2D eigenvalue weighted by Crippen LogP contribution is -2.39. The van der Waals surface area contributed by atoms with E-state index in [0.717, 1.165) is 54.4 Å². The van der Waals surface area contributed by atoms with E-state index in [2.05, 4.69) is 5.32 Å². The van der Waals surface area contributed by atoms with Crippen LogP contribution in [0.1, 0.15) is 89.4 Å². The maximum absolute atomic E-state index is 13.1. The number of amides is 1. The van der Waals surface area contributed by atoms with Gasteiger partial charge in [-0.1, -0.05) is 98.3 Å². The molecule has 1 amide bonds. The van der Waals surface area contributed by atoms with E-state index >= 15 is 0 Å². The van der Waals surface area contributed by atoms with Crippen molar-refractivity contribution >= 4 is 24.0 Å². The molecular weight excluding hydrogens is 610 g/mol. The molecule has 9 heteroatoms. The second kappa shape index (κ2) is 18.6. The van der Waals surface area contributed by atoms with E-state index in [1.165, 1.54) is 6.92 Å². The third-order valence-electron chi connectivity index (χ3n) is 8.44. The highest BCUT2D eigenvalue weighted by Gasteiger charge is 2.26. The van der Waals surface area contributed by atoms with Gasteiger partial charge >= 0.3 is 18.1 Å². The van der Waals surface area contributed by atoms with Crippen molar-refractivity contribution in [3.8, 4) is 11.1 Å². The monoisotopic (exact) mass is 657 g/mol. The van der Waals surface area contributed by atoms with E-state index in [1.807, 2.05) is 84.9 Å². The molecule has 0 bridgehead atoms. The van der Waals surface area contributed by atoms with Gasteiger partial charge in [0.1, 0.15) is 12.2 Å². The average molecular weight is 658 g/mol. The van der Waals surface area contributed by atoms with Crippen LogP contribution in [0.4, 0.5) is 4.79 Å². The molecule has 0 saturated heterocycles. The van der Waals surface area contributed by atoms with Gasteiger partial charge in [-0.15, -0.1) is 0 Å². The largest absolute Gasteiger partial charge is 0.511 e. The Morgan fingerprint density at radius 3 is 2.02 bits per heavy atom. The van der Waals surface area contributed by atoms with Crippen molar-refractivity contribution in [2.24, 2.45) is 5.92 Å². The van der Waals surface area contributed by atoms with E-state index in [9.17, 15) is 19.2 Å². The Balaban J connectivity index is 1.33. The Bertz CT molecular complexity index is 1450. The number of hydrogen-bond acceptors (Lipinski definition) is 8. The normalized spacial score (nSPS) is 15.6. The summed E-state index contributed by atoms with van der Waals surface area (Å²) in [5.41, 5.74) is 4.00. The third kappa shape index (κ3) is 12.2. The third-order valence-corrected chi connectivity index (χ3v) is 8.44. The maximum Gasteiger partial charge on any atom is 0.511 e. The molecule has 9 nitrogen and oxygen atoms in total. The fourth-order valence-corrected chi connectivity index (χ4v) is 5.81. The second-order valence-corrected chi connectivity index (χ2v) is 12.5. The molecule has 1 N–H and O–H groups in total. The fraction of sp³-hybridized carbons (Fsp3) is 0.436. The highest BCUT2D eigenvalue weighted by Crippen LogP contribution is 2.23. The van der Waals surface area contributed by atoms with Crippen LogP contribution in [-0.2, 0) is 39.8 Å². The van der Waals surface area contributed by atoms with Crippen LogP contribution < -0.4 is 5.32 Å². The molecule has 1 saturated carbocycles. The van der Waals surface area contributed by atoms with Crippen molar-refractivity contribution < 1.29 is 38.1 Å². The van der Waals surface area contributed by atoms with Crippen molar-refractivity contribution in [3.63, 3.8) is 0 Å². The van der Waals surface area contributed by atoms with Gasteiger partial charge in [0.05, 0.1) is 12.3 Å². The molecule has 1 aliphatic carbocycles. The molecule has 1 unspecified atom stereocenters. The van der Waals surface area contributed by atoms with Crippen LogP contribution in [0.15, 0.2) is 84.9 Å². The molecule has 3 aromatic carbocycles. The van der Waals surface area contributed by atoms with Gasteiger partial charge in [0.25, 0.3) is 0 Å². The Morgan fingerprint density at radius 2 is 1.35 bits per heavy atom. The van der Waals surface area contributed by atoms with Gasteiger partial charge in [-0.2, -0.15) is 0 Å². The quantitative estimate of drug-likeness (QED) is 0.0997. The minimum atomic E-state index is -1.13. The predicted molar refractivity (Wildman–Crippen MR) is 181 cm³/mol. The summed E-state index contributed by atoms with van der Waals surface area (Å²) in [5.74, 6) is -1.99. The van der Waals surface area contributed by atoms with Crippen molar-refractivity contribution in [2.45, 2.75) is 103 Å². The number of ether oxygens (including phenoxy) is 4. The molecule has 1 aliphatic rings. The lowest BCUT2D eigenvalue weighted by molar-refractivity contribution is -0.173. The highest BCUT2D eigenvalue weighted by atomic mass is 16.8. The summed E-state index contributed by atoms with van der Waals surface area (Å²) in [6.07, 6.45) is 2.74. The summed E-state index contributed by atoms with van der Waals surface area (Å²) in [4.78, 5) is 50.8. The molecule has 256 valence electrons. The number of hydrogen-bond donors (Lipinski definition) is 1. The van der Waals surface area contributed by atoms with Gasteiger partial charge < -0.3 is 24.3 Å². The molecule has 4 rings (SSSR count). The SMILES string of the molecule is CC(OC(=O)OC1CCCCC1)OC(=O)[C@@H](C)C[C@@H](Cc1ccc(-c2ccccc2)cc1)NC(=O)CCC(=O)O[C@H](C)c1ccccc1. The van der Waals surface area contributed by atoms with Crippen LogP contribution in [0.5, 0.6) is 0 Å². The number of benzene rings is 3. The van der Waals surface area contributed by atoms with E-state index in [0.29, 0.717) is 6.42 Å². The molecule has 1 fully saturated rings. The van der Waals surface area contributed by atoms with E-state index in [1.54, 1.807) is 13.8 Å². The van der Waals surface area contributed by atoms with E-state index in [4.69, 9.17) is 18.9 Å². The first-order chi connectivity index (χ1) is 23.2. The Morgan fingerprint density at radius 1 is 0.729 bits per heavy atom. The number of esters is 2. The molecule has 0 aromatic heterocycles. The molecular formula is C39H47NO8. The first kappa shape index (κ1) is 36.2. The molecule has 0 heterocycles. The second-order valence-electron chi connectivity index (χ2n) is 12.5. The number of rotatable bonds is 15. The van der Waals surface area contributed by atoms with Gasteiger partial charge in [0.2, 0.25) is 12.2 Å². The predicted octanol–water partition coefficient (Wildman–Crippen LogP) is 7.87. The van der Waals surface area contributed by atoms with Crippen LogP contribution in [-0.4, -0.2) is 42.4 Å². The highest BCUT2D eigenvalue weighted by molar-refractivity contribution is 5.81. The zero-order chi connectivity index (χ0) is 34.3. The first-order valence-corrected chi connectivity index (χ1v) is 16.9. The summed E-state index contributed by atoms with van der Waals surface area (Å²) in [6.45, 7) is 4.96. The van der Waals surface area contributed by atoms with Crippen molar-refractivity contribution in [1.82, 2.24) is 5.32 Å². The minimum Gasteiger partial charge on any atom is -0.458 e. The van der Waals surface area contributed by atoms with Crippen LogP contribution in [0.25, 0.3) is 11.1 Å². The summed E-state index contributed by atoms with van der Waals surface area (Å²) in [7, 11) is 0. The van der Waals surface area contributed by atoms with Crippen molar-refractivity contribution in [2.75, 3.05) is 0 Å². The maximum atomic E-state index is 13.1. The minimum absolute atomic E-state index is 0.0589. The van der Waals surface area contributed by atoms with Crippen LogP contribution in [0.2, 0.25) is 0 Å². The number of nitrogens with one attached hydrogen (secondary N) is 1. The van der Waals surface area contributed by atoms with Gasteiger partial charge in [-0.25, -0.2) is 4.79 Å². The summed E-state index contributed by atoms with van der Waals surface area (Å²) in [5, 5.41) is 3.01. The molecule has 3 aromatic rings. The van der Waals surface area contributed by atoms with E-state index < -0.39 is 42.4 Å². The first-order valence-electron chi connectivity index (χ1n) is 16.9. The zero-order valence-electron chi connectivity index (χ0n) is 28.1. The van der Waals surface area contributed by atoms with Crippen LogP contribution in [0.3, 0.4) is 0 Å². The molecule has 0 aliphatic heterocycles. The lowest BCUT2D eigenvalue weighted by Gasteiger charge is -2.24. The van der Waals surface area contributed by atoms with Gasteiger partial charge in [-0.05, 0) is 67.7 Å². The van der Waals surface area contributed by atoms with Crippen LogP contribution in [0, 0.1) is 5.92 Å². The summed E-state index contributed by atoms with van der Waals surface area (Å²) >= 11 is 0. The number of carbonyl (C=O) groups is 4. The average Bonchev–Trinajstić information content (AvgIpc) is 3.08. The standard InChI is InChI=1S/C39H47NO8/c1-27(38(43)46-29(3)47-39(44)48-35-17-11-6-12-18-35)25-34(26-30-19-21-33(22-20-30)32-15-9-5-10-16-32)40-36(41)23-24-37(42)45-28(2)31-13-7-4-8-14-31/h4-5,7-10,13-16,19-22,27-29,34-35H,6,11-12,17-18,23-26H2,1-3H3,(H,40,41)/t27-,28+,29?,34-/m0/s1.